The van der Waals surface area contributed by atoms with E-state index in [1.807, 2.05) is 31.3 Å². The third-order valence-electron chi connectivity index (χ3n) is 5.73. The molecule has 0 aliphatic carbocycles. The summed E-state index contributed by atoms with van der Waals surface area (Å²) in [7, 11) is 1.81. The van der Waals surface area contributed by atoms with E-state index in [0.717, 1.165) is 11.3 Å². The van der Waals surface area contributed by atoms with Crippen molar-refractivity contribution in [3.63, 3.8) is 0 Å². The van der Waals surface area contributed by atoms with E-state index in [0.29, 0.717) is 37.8 Å². The first-order valence-electron chi connectivity index (χ1n) is 9.54. The summed E-state index contributed by atoms with van der Waals surface area (Å²) in [6.45, 7) is 0.625. The fourth-order valence-electron chi connectivity index (χ4n) is 4.04. The van der Waals surface area contributed by atoms with Gasteiger partial charge in [-0.2, -0.15) is 0 Å². The van der Waals surface area contributed by atoms with Gasteiger partial charge in [0.2, 0.25) is 5.91 Å². The lowest BCUT2D eigenvalue weighted by Gasteiger charge is -2.42. The van der Waals surface area contributed by atoms with Crippen LogP contribution in [0.1, 0.15) is 47.6 Å². The molecule has 6 heteroatoms. The summed E-state index contributed by atoms with van der Waals surface area (Å²) >= 11 is 0. The number of carbonyl (C=O) groups excluding carboxylic acids is 2. The molecular weight excluding hydrogens is 359 g/mol. The van der Waals surface area contributed by atoms with Crippen LogP contribution in [-0.4, -0.2) is 35.9 Å². The molecule has 0 aromatic heterocycles. The van der Waals surface area contributed by atoms with Gasteiger partial charge in [-0.3, -0.25) is 9.59 Å². The van der Waals surface area contributed by atoms with Crippen LogP contribution in [0.3, 0.4) is 0 Å². The molecule has 0 bridgehead atoms. The molecule has 28 heavy (non-hydrogen) atoms. The first kappa shape index (κ1) is 18.5. The van der Waals surface area contributed by atoms with Crippen LogP contribution in [0.25, 0.3) is 0 Å². The number of para-hydroxylation sites is 1. The first-order chi connectivity index (χ1) is 13.5. The molecule has 4 rings (SSSR count). The smallest absolute Gasteiger partial charge is 0.251 e. The fraction of sp³-hybridized carbons (Fsp3) is 0.364. The third kappa shape index (κ3) is 3.59. The molecule has 2 aliphatic rings. The molecular formula is C22H23FN2O3. The van der Waals surface area contributed by atoms with E-state index in [1.54, 1.807) is 4.90 Å². The number of fused-ring (bicyclic) bond motifs is 1. The van der Waals surface area contributed by atoms with Crippen molar-refractivity contribution in [2.24, 2.45) is 0 Å². The zero-order valence-corrected chi connectivity index (χ0v) is 15.8. The minimum Gasteiger partial charge on any atom is -0.487 e. The lowest BCUT2D eigenvalue weighted by atomic mass is 9.82. The van der Waals surface area contributed by atoms with Crippen molar-refractivity contribution in [1.29, 1.82) is 0 Å². The second kappa shape index (κ2) is 7.26. The molecule has 2 atom stereocenters. The molecule has 1 saturated heterocycles. The molecule has 5 nitrogen and oxygen atoms in total. The third-order valence-corrected chi connectivity index (χ3v) is 5.73. The zero-order valence-electron chi connectivity index (χ0n) is 15.8. The quantitative estimate of drug-likeness (QED) is 0.865. The summed E-state index contributed by atoms with van der Waals surface area (Å²) in [6, 6.07) is 13.0. The Labute approximate surface area is 163 Å². The van der Waals surface area contributed by atoms with Crippen LogP contribution >= 0.6 is 0 Å². The van der Waals surface area contributed by atoms with E-state index >= 15 is 0 Å². The maximum Gasteiger partial charge on any atom is 0.251 e. The summed E-state index contributed by atoms with van der Waals surface area (Å²) in [4.78, 5) is 26.6. The predicted octanol–water partition coefficient (Wildman–Crippen LogP) is 3.46. The summed E-state index contributed by atoms with van der Waals surface area (Å²) < 4.78 is 19.6. The lowest BCUT2D eigenvalue weighted by molar-refractivity contribution is -0.129. The van der Waals surface area contributed by atoms with E-state index < -0.39 is 5.60 Å². The maximum absolute atomic E-state index is 13.2. The molecule has 2 heterocycles. The fourth-order valence-corrected chi connectivity index (χ4v) is 4.04. The van der Waals surface area contributed by atoms with Crippen LogP contribution in [-0.2, 0) is 4.79 Å². The monoisotopic (exact) mass is 382 g/mol. The summed E-state index contributed by atoms with van der Waals surface area (Å²) in [5.41, 5.74) is 0.845. The number of carbonyl (C=O) groups is 2. The average Bonchev–Trinajstić information content (AvgIpc) is 2.83. The van der Waals surface area contributed by atoms with Crippen LogP contribution in [0.4, 0.5) is 4.39 Å². The van der Waals surface area contributed by atoms with E-state index in [2.05, 4.69) is 5.32 Å². The number of hydrogen-bond acceptors (Lipinski definition) is 3. The van der Waals surface area contributed by atoms with Gasteiger partial charge in [0, 0.05) is 44.0 Å². The van der Waals surface area contributed by atoms with Crippen molar-refractivity contribution in [2.75, 3.05) is 13.6 Å². The molecule has 2 aromatic carbocycles. The highest BCUT2D eigenvalue weighted by Crippen LogP contribution is 2.44. The van der Waals surface area contributed by atoms with Crippen molar-refractivity contribution < 1.29 is 18.7 Å². The highest BCUT2D eigenvalue weighted by atomic mass is 19.1. The molecule has 1 fully saturated rings. The van der Waals surface area contributed by atoms with Crippen molar-refractivity contribution in [2.45, 2.75) is 37.3 Å². The largest absolute Gasteiger partial charge is 0.487 e. The van der Waals surface area contributed by atoms with Crippen LogP contribution in [0.5, 0.6) is 5.75 Å². The van der Waals surface area contributed by atoms with Crippen molar-refractivity contribution >= 4 is 11.8 Å². The van der Waals surface area contributed by atoms with Crippen LogP contribution in [0.15, 0.2) is 48.5 Å². The first-order valence-corrected chi connectivity index (χ1v) is 9.54. The Morgan fingerprint density at radius 3 is 2.71 bits per heavy atom. The maximum atomic E-state index is 13.2. The van der Waals surface area contributed by atoms with Gasteiger partial charge in [0.15, 0.2) is 0 Å². The van der Waals surface area contributed by atoms with E-state index in [4.69, 9.17) is 4.74 Å². The molecule has 0 radical (unpaired) electrons. The van der Waals surface area contributed by atoms with Gasteiger partial charge in [-0.1, -0.05) is 18.2 Å². The van der Waals surface area contributed by atoms with Gasteiger partial charge in [0.05, 0.1) is 6.04 Å². The van der Waals surface area contributed by atoms with Crippen molar-refractivity contribution in [1.82, 2.24) is 10.2 Å². The number of benzene rings is 2. The predicted molar refractivity (Wildman–Crippen MR) is 103 cm³/mol. The number of likely N-dealkylation sites (tertiary alicyclic amines) is 1. The summed E-state index contributed by atoms with van der Waals surface area (Å²) in [6.07, 6.45) is 2.36. The number of hydrogen-bond donors (Lipinski definition) is 1. The number of halogens is 1. The lowest BCUT2D eigenvalue weighted by Crippen LogP contribution is -2.45. The molecule has 1 N–H and O–H groups in total. The molecule has 146 valence electrons. The van der Waals surface area contributed by atoms with Gasteiger partial charge in [-0.15, -0.1) is 0 Å². The molecule has 0 unspecified atom stereocenters. The zero-order chi connectivity index (χ0) is 19.7. The van der Waals surface area contributed by atoms with Gasteiger partial charge in [0.25, 0.3) is 5.91 Å². The normalized spacial score (nSPS) is 24.3. The van der Waals surface area contributed by atoms with Crippen LogP contribution in [0.2, 0.25) is 0 Å². The molecule has 2 amide bonds. The SMILES string of the molecule is CN1CC[C@@]2(CCC1=O)C[C@@H](NC(=O)c1ccc(F)cc1)c1ccccc1O2. The molecule has 2 aromatic rings. The van der Waals surface area contributed by atoms with E-state index in [1.165, 1.54) is 24.3 Å². The Bertz CT molecular complexity index is 899. The van der Waals surface area contributed by atoms with Gasteiger partial charge >= 0.3 is 0 Å². The van der Waals surface area contributed by atoms with Crippen molar-refractivity contribution in [3.05, 3.63) is 65.5 Å². The Balaban J connectivity index is 1.61. The minimum atomic E-state index is -0.491. The number of nitrogens with zero attached hydrogens (tertiary/aromatic N) is 1. The van der Waals surface area contributed by atoms with Gasteiger partial charge in [0.1, 0.15) is 17.2 Å². The minimum absolute atomic E-state index is 0.117. The van der Waals surface area contributed by atoms with Gasteiger partial charge in [-0.05, 0) is 36.8 Å². The Morgan fingerprint density at radius 1 is 1.18 bits per heavy atom. The van der Waals surface area contributed by atoms with Gasteiger partial charge < -0.3 is 15.0 Å². The van der Waals surface area contributed by atoms with Gasteiger partial charge in [-0.25, -0.2) is 4.39 Å². The average molecular weight is 382 g/mol. The van der Waals surface area contributed by atoms with Crippen LogP contribution < -0.4 is 10.1 Å². The summed E-state index contributed by atoms with van der Waals surface area (Å²) in [5.74, 6) is 0.235. The number of ether oxygens (including phenoxy) is 1. The molecule has 1 spiro atoms. The Hall–Kier alpha value is -2.89. The standard InChI is InChI=1S/C22H23FN2O3/c1-25-13-12-22(11-10-20(25)26)14-18(17-4-2-3-5-19(17)28-22)24-21(27)15-6-8-16(23)9-7-15/h2-9,18H,10-14H2,1H3,(H,24,27)/t18-,22+/m1/s1. The second-order valence-electron chi connectivity index (χ2n) is 7.63. The molecule has 0 saturated carbocycles. The van der Waals surface area contributed by atoms with E-state index in [-0.39, 0.29) is 23.7 Å². The number of nitrogens with one attached hydrogen (secondary N) is 1. The summed E-state index contributed by atoms with van der Waals surface area (Å²) in [5, 5.41) is 3.09. The van der Waals surface area contributed by atoms with Crippen LogP contribution in [0, 0.1) is 5.82 Å². The molecule has 2 aliphatic heterocycles. The Kier molecular flexibility index (Phi) is 4.79. The second-order valence-corrected chi connectivity index (χ2v) is 7.63. The number of rotatable bonds is 2. The Morgan fingerprint density at radius 2 is 1.93 bits per heavy atom. The van der Waals surface area contributed by atoms with Crippen molar-refractivity contribution in [3.8, 4) is 5.75 Å². The highest BCUT2D eigenvalue weighted by Gasteiger charge is 2.43. The van der Waals surface area contributed by atoms with E-state index in [9.17, 15) is 14.0 Å². The highest BCUT2D eigenvalue weighted by molar-refractivity contribution is 5.94. The topological polar surface area (TPSA) is 58.6 Å². The number of amides is 2.